The Morgan fingerprint density at radius 3 is 2.37 bits per heavy atom. The van der Waals surface area contributed by atoms with Crippen LogP contribution in [0.4, 0.5) is 13.2 Å². The van der Waals surface area contributed by atoms with Gasteiger partial charge in [0.25, 0.3) is 5.91 Å². The molecule has 1 N–H and O–H groups in total. The molecule has 3 rings (SSSR count). The Balaban J connectivity index is 0.000000469. The Morgan fingerprint density at radius 2 is 1.77 bits per heavy atom. The SMILES string of the molecule is CNC(=O)COc1ccc2c(-c3ccccc3C)cc(=O)oc2c1.COC(F)(F)F. The van der Waals surface area contributed by atoms with Crippen molar-refractivity contribution in [3.63, 3.8) is 0 Å². The summed E-state index contributed by atoms with van der Waals surface area (Å²) in [4.78, 5) is 23.2. The van der Waals surface area contributed by atoms with Crippen molar-refractivity contribution < 1.29 is 31.9 Å². The van der Waals surface area contributed by atoms with Crippen LogP contribution < -0.4 is 15.7 Å². The molecule has 2 aromatic carbocycles. The number of benzene rings is 2. The fraction of sp³-hybridized carbons (Fsp3) is 0.238. The zero-order valence-electron chi connectivity index (χ0n) is 16.5. The molecule has 1 amide bonds. The molecule has 0 aliphatic carbocycles. The minimum Gasteiger partial charge on any atom is -0.484 e. The van der Waals surface area contributed by atoms with Gasteiger partial charge in [0, 0.05) is 37.2 Å². The average Bonchev–Trinajstić information content (AvgIpc) is 2.71. The molecular formula is C21H20F3NO5. The molecular weight excluding hydrogens is 403 g/mol. The lowest BCUT2D eigenvalue weighted by Gasteiger charge is -2.10. The lowest BCUT2D eigenvalue weighted by atomic mass is 9.98. The molecule has 0 bridgehead atoms. The summed E-state index contributed by atoms with van der Waals surface area (Å²) < 4.78 is 45.3. The molecule has 0 aliphatic rings. The summed E-state index contributed by atoms with van der Waals surface area (Å²) in [6.45, 7) is 1.90. The van der Waals surface area contributed by atoms with Gasteiger partial charge in [0.05, 0.1) is 0 Å². The number of methoxy groups -OCH3 is 1. The Kier molecular flexibility index (Phi) is 7.60. The fourth-order valence-electron chi connectivity index (χ4n) is 2.55. The molecule has 30 heavy (non-hydrogen) atoms. The zero-order valence-corrected chi connectivity index (χ0v) is 16.5. The molecule has 0 aliphatic heterocycles. The molecule has 0 saturated carbocycles. The number of carbonyl (C=O) groups is 1. The van der Waals surface area contributed by atoms with Gasteiger partial charge in [0.1, 0.15) is 11.3 Å². The highest BCUT2D eigenvalue weighted by molar-refractivity contribution is 5.94. The van der Waals surface area contributed by atoms with Crippen molar-refractivity contribution >= 4 is 16.9 Å². The van der Waals surface area contributed by atoms with Crippen molar-refractivity contribution in [1.29, 1.82) is 0 Å². The van der Waals surface area contributed by atoms with Crippen LogP contribution >= 0.6 is 0 Å². The van der Waals surface area contributed by atoms with E-state index in [2.05, 4.69) is 10.1 Å². The van der Waals surface area contributed by atoms with E-state index in [-0.39, 0.29) is 12.5 Å². The molecule has 1 aromatic heterocycles. The van der Waals surface area contributed by atoms with Crippen molar-refractivity contribution in [1.82, 2.24) is 5.32 Å². The molecule has 0 radical (unpaired) electrons. The molecule has 1 heterocycles. The van der Waals surface area contributed by atoms with E-state index in [9.17, 15) is 22.8 Å². The van der Waals surface area contributed by atoms with Gasteiger partial charge in [-0.2, -0.15) is 0 Å². The topological polar surface area (TPSA) is 77.8 Å². The first kappa shape index (κ1) is 23.0. The van der Waals surface area contributed by atoms with Gasteiger partial charge in [-0.05, 0) is 30.2 Å². The molecule has 0 saturated heterocycles. The first-order valence-corrected chi connectivity index (χ1v) is 8.73. The van der Waals surface area contributed by atoms with E-state index in [1.807, 2.05) is 37.3 Å². The normalized spacial score (nSPS) is 10.9. The predicted octanol–water partition coefficient (Wildman–Crippen LogP) is 4.05. The zero-order chi connectivity index (χ0) is 22.3. The van der Waals surface area contributed by atoms with Crippen molar-refractivity contribution in [2.75, 3.05) is 20.8 Å². The Bertz CT molecular complexity index is 1080. The summed E-state index contributed by atoms with van der Waals surface area (Å²) in [5, 5.41) is 3.30. The predicted molar refractivity (Wildman–Crippen MR) is 105 cm³/mol. The van der Waals surface area contributed by atoms with E-state index < -0.39 is 12.0 Å². The number of aryl methyl sites for hydroxylation is 1. The highest BCUT2D eigenvalue weighted by atomic mass is 19.4. The molecule has 3 aromatic rings. The number of likely N-dealkylation sites (N-methyl/N-ethyl adjacent to an activating group) is 1. The first-order valence-electron chi connectivity index (χ1n) is 8.73. The molecule has 6 nitrogen and oxygen atoms in total. The number of hydrogen-bond acceptors (Lipinski definition) is 5. The minimum absolute atomic E-state index is 0.0935. The quantitative estimate of drug-likeness (QED) is 0.641. The van der Waals surface area contributed by atoms with Crippen LogP contribution in [0.2, 0.25) is 0 Å². The highest BCUT2D eigenvalue weighted by Gasteiger charge is 2.25. The van der Waals surface area contributed by atoms with Crippen LogP contribution in [0, 0.1) is 6.92 Å². The maximum atomic E-state index is 11.9. The van der Waals surface area contributed by atoms with Crippen LogP contribution in [-0.4, -0.2) is 33.0 Å². The number of alkyl halides is 3. The van der Waals surface area contributed by atoms with Crippen LogP contribution in [0.3, 0.4) is 0 Å². The average molecular weight is 423 g/mol. The van der Waals surface area contributed by atoms with E-state index in [0.29, 0.717) is 18.4 Å². The third-order valence-electron chi connectivity index (χ3n) is 4.03. The molecule has 0 spiro atoms. The maximum absolute atomic E-state index is 11.9. The van der Waals surface area contributed by atoms with Gasteiger partial charge in [0.15, 0.2) is 6.61 Å². The largest absolute Gasteiger partial charge is 0.522 e. The van der Waals surface area contributed by atoms with Gasteiger partial charge in [-0.3, -0.25) is 9.53 Å². The van der Waals surface area contributed by atoms with Crippen LogP contribution in [0.15, 0.2) is 57.7 Å². The third-order valence-corrected chi connectivity index (χ3v) is 4.03. The van der Waals surface area contributed by atoms with Crippen molar-refractivity contribution in [2.24, 2.45) is 0 Å². The number of halogens is 3. The lowest BCUT2D eigenvalue weighted by Crippen LogP contribution is -2.24. The number of nitrogens with one attached hydrogen (secondary N) is 1. The number of rotatable bonds is 4. The van der Waals surface area contributed by atoms with Crippen LogP contribution in [0.25, 0.3) is 22.1 Å². The van der Waals surface area contributed by atoms with Crippen molar-refractivity contribution in [2.45, 2.75) is 13.3 Å². The highest BCUT2D eigenvalue weighted by Crippen LogP contribution is 2.31. The van der Waals surface area contributed by atoms with Crippen molar-refractivity contribution in [3.8, 4) is 16.9 Å². The molecule has 9 heteroatoms. The van der Waals surface area contributed by atoms with E-state index >= 15 is 0 Å². The summed E-state index contributed by atoms with van der Waals surface area (Å²) >= 11 is 0. The third kappa shape index (κ3) is 6.35. The van der Waals surface area contributed by atoms with Gasteiger partial charge in [0.2, 0.25) is 0 Å². The molecule has 160 valence electrons. The van der Waals surface area contributed by atoms with E-state index in [0.717, 1.165) is 22.1 Å². The smallest absolute Gasteiger partial charge is 0.484 e. The number of fused-ring (bicyclic) bond motifs is 1. The Labute approximate surface area is 170 Å². The summed E-state index contributed by atoms with van der Waals surface area (Å²) in [5.74, 6) is 0.237. The lowest BCUT2D eigenvalue weighted by molar-refractivity contribution is -0.311. The fourth-order valence-corrected chi connectivity index (χ4v) is 2.55. The Morgan fingerprint density at radius 1 is 1.10 bits per heavy atom. The number of amides is 1. The Hall–Kier alpha value is -3.33. The van der Waals surface area contributed by atoms with Gasteiger partial charge < -0.3 is 14.5 Å². The summed E-state index contributed by atoms with van der Waals surface area (Å²) in [5.41, 5.74) is 2.87. The van der Waals surface area contributed by atoms with Crippen LogP contribution in [-0.2, 0) is 9.53 Å². The van der Waals surface area contributed by atoms with Gasteiger partial charge in [-0.25, -0.2) is 4.79 Å². The molecule has 0 fully saturated rings. The molecule has 0 atom stereocenters. The first-order chi connectivity index (χ1) is 14.1. The second-order valence-corrected chi connectivity index (χ2v) is 6.06. The van der Waals surface area contributed by atoms with Gasteiger partial charge in [-0.15, -0.1) is 13.2 Å². The summed E-state index contributed by atoms with van der Waals surface area (Å²) in [6, 6.07) is 14.6. The van der Waals surface area contributed by atoms with Crippen molar-refractivity contribution in [3.05, 3.63) is 64.5 Å². The monoisotopic (exact) mass is 423 g/mol. The number of hydrogen-bond donors (Lipinski definition) is 1. The molecule has 0 unspecified atom stereocenters. The van der Waals surface area contributed by atoms with E-state index in [1.54, 1.807) is 19.2 Å². The van der Waals surface area contributed by atoms with Gasteiger partial charge in [-0.1, -0.05) is 24.3 Å². The van der Waals surface area contributed by atoms with E-state index in [4.69, 9.17) is 9.15 Å². The minimum atomic E-state index is -4.46. The van der Waals surface area contributed by atoms with Crippen LogP contribution in [0.5, 0.6) is 5.75 Å². The number of ether oxygens (including phenoxy) is 2. The second-order valence-electron chi connectivity index (χ2n) is 6.06. The summed E-state index contributed by atoms with van der Waals surface area (Å²) in [6.07, 6.45) is -4.46. The number of carbonyl (C=O) groups excluding carboxylic acids is 1. The van der Waals surface area contributed by atoms with Crippen LogP contribution in [0.1, 0.15) is 5.56 Å². The summed E-state index contributed by atoms with van der Waals surface area (Å²) in [7, 11) is 2.12. The second kappa shape index (κ2) is 9.93. The maximum Gasteiger partial charge on any atom is 0.522 e. The van der Waals surface area contributed by atoms with Gasteiger partial charge >= 0.3 is 12.0 Å². The van der Waals surface area contributed by atoms with E-state index in [1.165, 1.54) is 6.07 Å². The standard InChI is InChI=1S/C19H17NO4.C2H3F3O/c1-12-5-3-4-6-14(12)16-10-19(22)24-17-9-13(7-8-15(16)17)23-11-18(21)20-2;1-6-2(3,4)5/h3-10H,11H2,1-2H3,(H,20,21);1H3.